The Morgan fingerprint density at radius 1 is 1.16 bits per heavy atom. The monoisotopic (exact) mass is 262 g/mol. The predicted molar refractivity (Wildman–Crippen MR) is 89.6 cm³/mol. The van der Waals surface area contributed by atoms with Crippen molar-refractivity contribution in [1.29, 1.82) is 0 Å². The Kier molecular flexibility index (Phi) is 12.2. The molecule has 0 aliphatic heterocycles. The standard InChI is InChI=1S/C13H18N2.2C2H6/c1-4-7-11(6-3)15-12(8-5-2)13(14)9-10-13;2*1-2/h4-8H,1,3,9-10,14H2,2H3;2*1-2H3/b8-5-,11-7+,15-12+;;. The van der Waals surface area contributed by atoms with Crippen molar-refractivity contribution >= 4 is 5.71 Å². The number of hydrogen-bond donors (Lipinski definition) is 1. The fourth-order valence-electron chi connectivity index (χ4n) is 1.27. The van der Waals surface area contributed by atoms with E-state index in [0.717, 1.165) is 24.3 Å². The summed E-state index contributed by atoms with van der Waals surface area (Å²) in [5.41, 5.74) is 7.62. The third-order valence-corrected chi connectivity index (χ3v) is 2.37. The van der Waals surface area contributed by atoms with E-state index in [-0.39, 0.29) is 5.54 Å². The van der Waals surface area contributed by atoms with Gasteiger partial charge in [-0.15, -0.1) is 0 Å². The van der Waals surface area contributed by atoms with Crippen LogP contribution in [0.2, 0.25) is 0 Å². The highest BCUT2D eigenvalue weighted by molar-refractivity contribution is 6.05. The smallest absolute Gasteiger partial charge is 0.0627 e. The molecule has 0 aromatic carbocycles. The van der Waals surface area contributed by atoms with E-state index in [0.29, 0.717) is 0 Å². The van der Waals surface area contributed by atoms with E-state index in [1.807, 2.05) is 52.8 Å². The summed E-state index contributed by atoms with van der Waals surface area (Å²) < 4.78 is 0. The molecule has 108 valence electrons. The lowest BCUT2D eigenvalue weighted by molar-refractivity contribution is 0.909. The van der Waals surface area contributed by atoms with Crippen LogP contribution < -0.4 is 5.73 Å². The summed E-state index contributed by atoms with van der Waals surface area (Å²) in [7, 11) is 0. The zero-order valence-corrected chi connectivity index (χ0v) is 13.2. The zero-order chi connectivity index (χ0) is 15.3. The van der Waals surface area contributed by atoms with E-state index in [1.165, 1.54) is 0 Å². The second-order valence-electron chi connectivity index (χ2n) is 3.68. The minimum Gasteiger partial charge on any atom is -0.320 e. The normalized spacial score (nSPS) is 16.7. The van der Waals surface area contributed by atoms with Crippen LogP contribution in [0.3, 0.4) is 0 Å². The minimum absolute atomic E-state index is 0.213. The van der Waals surface area contributed by atoms with Crippen molar-refractivity contribution in [3.63, 3.8) is 0 Å². The summed E-state index contributed by atoms with van der Waals surface area (Å²) >= 11 is 0. The van der Waals surface area contributed by atoms with Crippen LogP contribution in [0.5, 0.6) is 0 Å². The Labute approximate surface area is 119 Å². The Bertz CT molecular complexity index is 342. The number of aliphatic imine (C=N–C) groups is 1. The Morgan fingerprint density at radius 3 is 2.00 bits per heavy atom. The molecule has 0 unspecified atom stereocenters. The number of nitrogens with zero attached hydrogens (tertiary/aromatic N) is 1. The van der Waals surface area contributed by atoms with Crippen molar-refractivity contribution in [2.24, 2.45) is 10.7 Å². The highest BCUT2D eigenvalue weighted by Gasteiger charge is 2.42. The molecule has 2 N–H and O–H groups in total. The van der Waals surface area contributed by atoms with Gasteiger partial charge in [-0.3, -0.25) is 4.99 Å². The van der Waals surface area contributed by atoms with Crippen molar-refractivity contribution in [3.05, 3.63) is 49.2 Å². The van der Waals surface area contributed by atoms with Crippen LogP contribution in [0.4, 0.5) is 0 Å². The fourth-order valence-corrected chi connectivity index (χ4v) is 1.27. The summed E-state index contributed by atoms with van der Waals surface area (Å²) in [6.07, 6.45) is 11.2. The topological polar surface area (TPSA) is 38.4 Å². The summed E-state index contributed by atoms with van der Waals surface area (Å²) in [4.78, 5) is 4.48. The predicted octanol–water partition coefficient (Wildman–Crippen LogP) is 4.80. The molecule has 0 aromatic heterocycles. The molecule has 1 fully saturated rings. The highest BCUT2D eigenvalue weighted by Crippen LogP contribution is 2.34. The van der Waals surface area contributed by atoms with Gasteiger partial charge >= 0.3 is 0 Å². The molecule has 0 bridgehead atoms. The molecule has 1 aliphatic carbocycles. The molecule has 0 spiro atoms. The summed E-state index contributed by atoms with van der Waals surface area (Å²) in [6, 6.07) is 0. The number of nitrogens with two attached hydrogens (primary N) is 1. The second kappa shape index (κ2) is 11.7. The van der Waals surface area contributed by atoms with Crippen LogP contribution in [0, 0.1) is 0 Å². The summed E-state index contributed by atoms with van der Waals surface area (Å²) in [5, 5.41) is 0. The maximum absolute atomic E-state index is 6.11. The van der Waals surface area contributed by atoms with Gasteiger partial charge in [-0.1, -0.05) is 53.0 Å². The van der Waals surface area contributed by atoms with Crippen molar-refractivity contribution in [1.82, 2.24) is 0 Å². The van der Waals surface area contributed by atoms with Crippen LogP contribution in [0.25, 0.3) is 0 Å². The average Bonchev–Trinajstić information content (AvgIpc) is 3.21. The van der Waals surface area contributed by atoms with Crippen molar-refractivity contribution < 1.29 is 0 Å². The molecule has 1 rings (SSSR count). The Morgan fingerprint density at radius 2 is 1.68 bits per heavy atom. The van der Waals surface area contributed by atoms with Crippen molar-refractivity contribution in [3.8, 4) is 0 Å². The quantitative estimate of drug-likeness (QED) is 0.561. The first kappa shape index (κ1) is 19.9. The van der Waals surface area contributed by atoms with Crippen LogP contribution in [0.15, 0.2) is 54.2 Å². The maximum atomic E-state index is 6.11. The molecule has 19 heavy (non-hydrogen) atoms. The van der Waals surface area contributed by atoms with Gasteiger partial charge in [-0.2, -0.15) is 0 Å². The van der Waals surface area contributed by atoms with Crippen LogP contribution in [-0.2, 0) is 0 Å². The van der Waals surface area contributed by atoms with Gasteiger partial charge in [0, 0.05) is 0 Å². The molecular weight excluding hydrogens is 232 g/mol. The van der Waals surface area contributed by atoms with E-state index in [2.05, 4.69) is 18.2 Å². The molecular formula is C17H30N2. The first-order valence-electron chi connectivity index (χ1n) is 7.12. The molecule has 1 saturated carbocycles. The van der Waals surface area contributed by atoms with Crippen molar-refractivity contribution in [2.45, 2.75) is 53.0 Å². The van der Waals surface area contributed by atoms with Crippen LogP contribution in [0.1, 0.15) is 47.5 Å². The first-order chi connectivity index (χ1) is 9.16. The Balaban J connectivity index is 0. The summed E-state index contributed by atoms with van der Waals surface area (Å²) in [5.74, 6) is 0. The van der Waals surface area contributed by atoms with Gasteiger partial charge in [0.1, 0.15) is 0 Å². The van der Waals surface area contributed by atoms with E-state index in [4.69, 9.17) is 5.73 Å². The third-order valence-electron chi connectivity index (χ3n) is 2.37. The summed E-state index contributed by atoms with van der Waals surface area (Å²) in [6.45, 7) is 17.3. The van der Waals surface area contributed by atoms with Gasteiger partial charge in [0.2, 0.25) is 0 Å². The molecule has 0 atom stereocenters. The Hall–Kier alpha value is -1.41. The molecule has 1 aliphatic rings. The lowest BCUT2D eigenvalue weighted by Crippen LogP contribution is -2.31. The minimum atomic E-state index is -0.213. The number of hydrogen-bond acceptors (Lipinski definition) is 2. The molecule has 2 nitrogen and oxygen atoms in total. The second-order valence-corrected chi connectivity index (χ2v) is 3.68. The van der Waals surface area contributed by atoms with E-state index in [9.17, 15) is 0 Å². The molecule has 0 amide bonds. The lowest BCUT2D eigenvalue weighted by Gasteiger charge is -2.09. The zero-order valence-electron chi connectivity index (χ0n) is 13.2. The van der Waals surface area contributed by atoms with Gasteiger partial charge in [0.15, 0.2) is 0 Å². The van der Waals surface area contributed by atoms with Crippen molar-refractivity contribution in [2.75, 3.05) is 0 Å². The van der Waals surface area contributed by atoms with Crippen LogP contribution in [-0.4, -0.2) is 11.3 Å². The largest absolute Gasteiger partial charge is 0.320 e. The van der Waals surface area contributed by atoms with Gasteiger partial charge in [0.25, 0.3) is 0 Å². The first-order valence-corrected chi connectivity index (χ1v) is 7.12. The van der Waals surface area contributed by atoms with Gasteiger partial charge in [-0.25, -0.2) is 0 Å². The van der Waals surface area contributed by atoms with Gasteiger partial charge in [-0.05, 0) is 38.0 Å². The van der Waals surface area contributed by atoms with E-state index < -0.39 is 0 Å². The van der Waals surface area contributed by atoms with E-state index in [1.54, 1.807) is 12.2 Å². The third kappa shape index (κ3) is 7.58. The van der Waals surface area contributed by atoms with Crippen LogP contribution >= 0.6 is 0 Å². The average molecular weight is 262 g/mol. The fraction of sp³-hybridized carbons (Fsp3) is 0.471. The van der Waals surface area contributed by atoms with Gasteiger partial charge < -0.3 is 5.73 Å². The SMILES string of the molecule is C=C/C=C(C=C)/N=C(\C=C/C)C1(N)CC1.CC.CC. The molecule has 2 heteroatoms. The number of rotatable bonds is 5. The maximum Gasteiger partial charge on any atom is 0.0627 e. The van der Waals surface area contributed by atoms with Gasteiger partial charge in [0.05, 0.1) is 16.9 Å². The molecule has 0 radical (unpaired) electrons. The molecule has 0 saturated heterocycles. The lowest BCUT2D eigenvalue weighted by atomic mass is 10.1. The number of allylic oxidation sites excluding steroid dienone is 4. The highest BCUT2D eigenvalue weighted by atomic mass is 14.9. The molecule has 0 heterocycles. The molecule has 0 aromatic rings. The van der Waals surface area contributed by atoms with E-state index >= 15 is 0 Å².